The van der Waals surface area contributed by atoms with Gasteiger partial charge in [-0.2, -0.15) is 0 Å². The first-order valence-electron chi connectivity index (χ1n) is 6.52. The van der Waals surface area contributed by atoms with Gasteiger partial charge in [-0.3, -0.25) is 0 Å². The van der Waals surface area contributed by atoms with Crippen LogP contribution in [0, 0.1) is 6.92 Å². The van der Waals surface area contributed by atoms with E-state index >= 15 is 0 Å². The lowest BCUT2D eigenvalue weighted by atomic mass is 10.1. The summed E-state index contributed by atoms with van der Waals surface area (Å²) in [6.07, 6.45) is 0.667. The monoisotopic (exact) mass is 265 g/mol. The molecule has 0 saturated carbocycles. The molecule has 0 amide bonds. The minimum absolute atomic E-state index is 0.231. The van der Waals surface area contributed by atoms with Gasteiger partial charge in [-0.15, -0.1) is 0 Å². The van der Waals surface area contributed by atoms with E-state index in [9.17, 15) is 5.11 Å². The Labute approximate surface area is 117 Å². The van der Waals surface area contributed by atoms with Gasteiger partial charge in [0.1, 0.15) is 17.2 Å². The van der Waals surface area contributed by atoms with Crippen LogP contribution in [0.25, 0.3) is 11.3 Å². The molecule has 0 aliphatic rings. The SMILES string of the molecule is Cc1oc(Cc2ccccc2)nc1-c1cccc(O)c1. The zero-order valence-electron chi connectivity index (χ0n) is 11.2. The minimum Gasteiger partial charge on any atom is -0.508 e. The number of phenols is 1. The second kappa shape index (κ2) is 5.21. The summed E-state index contributed by atoms with van der Waals surface area (Å²) in [5.74, 6) is 1.68. The number of oxazole rings is 1. The maximum absolute atomic E-state index is 9.55. The van der Waals surface area contributed by atoms with Crippen molar-refractivity contribution in [1.29, 1.82) is 0 Å². The summed E-state index contributed by atoms with van der Waals surface area (Å²) < 4.78 is 5.72. The van der Waals surface area contributed by atoms with Gasteiger partial charge in [-0.25, -0.2) is 4.98 Å². The van der Waals surface area contributed by atoms with Crippen molar-refractivity contribution in [2.75, 3.05) is 0 Å². The van der Waals surface area contributed by atoms with Crippen molar-refractivity contribution in [2.45, 2.75) is 13.3 Å². The number of rotatable bonds is 3. The Kier molecular flexibility index (Phi) is 3.25. The molecule has 0 spiro atoms. The summed E-state index contributed by atoms with van der Waals surface area (Å²) in [6, 6.07) is 17.1. The van der Waals surface area contributed by atoms with E-state index in [4.69, 9.17) is 4.42 Å². The maximum Gasteiger partial charge on any atom is 0.199 e. The normalized spacial score (nSPS) is 10.7. The molecule has 2 aromatic carbocycles. The summed E-state index contributed by atoms with van der Waals surface area (Å²) in [5, 5.41) is 9.55. The maximum atomic E-state index is 9.55. The summed E-state index contributed by atoms with van der Waals surface area (Å²) in [4.78, 5) is 4.54. The van der Waals surface area contributed by atoms with E-state index in [-0.39, 0.29) is 5.75 Å². The van der Waals surface area contributed by atoms with Crippen molar-refractivity contribution < 1.29 is 9.52 Å². The molecule has 1 aromatic heterocycles. The number of aromatic nitrogens is 1. The molecule has 1 heterocycles. The number of phenolic OH excluding ortho intramolecular Hbond substituents is 1. The fraction of sp³-hybridized carbons (Fsp3) is 0.118. The zero-order chi connectivity index (χ0) is 13.9. The number of benzene rings is 2. The van der Waals surface area contributed by atoms with Gasteiger partial charge >= 0.3 is 0 Å². The summed E-state index contributed by atoms with van der Waals surface area (Å²) in [6.45, 7) is 1.89. The molecular formula is C17H15NO2. The lowest BCUT2D eigenvalue weighted by Crippen LogP contribution is -1.87. The Balaban J connectivity index is 1.91. The third kappa shape index (κ3) is 2.57. The third-order valence-corrected chi connectivity index (χ3v) is 3.16. The van der Waals surface area contributed by atoms with E-state index in [1.165, 1.54) is 0 Å². The van der Waals surface area contributed by atoms with Crippen LogP contribution in [-0.4, -0.2) is 10.1 Å². The molecule has 0 atom stereocenters. The Morgan fingerprint density at radius 2 is 1.85 bits per heavy atom. The molecule has 0 bridgehead atoms. The highest BCUT2D eigenvalue weighted by Crippen LogP contribution is 2.26. The molecule has 3 rings (SSSR count). The van der Waals surface area contributed by atoms with E-state index in [1.54, 1.807) is 18.2 Å². The molecule has 0 saturated heterocycles. The first kappa shape index (κ1) is 12.5. The lowest BCUT2D eigenvalue weighted by molar-refractivity contribution is 0.475. The van der Waals surface area contributed by atoms with Gasteiger partial charge in [-0.05, 0) is 24.6 Å². The summed E-state index contributed by atoms with van der Waals surface area (Å²) in [7, 11) is 0. The summed E-state index contributed by atoms with van der Waals surface area (Å²) in [5.41, 5.74) is 2.81. The molecule has 3 aromatic rings. The first-order chi connectivity index (χ1) is 9.72. The van der Waals surface area contributed by atoms with Crippen LogP contribution in [0.2, 0.25) is 0 Å². The van der Waals surface area contributed by atoms with Gasteiger partial charge in [0, 0.05) is 12.0 Å². The molecule has 3 heteroatoms. The molecule has 1 N–H and O–H groups in total. The van der Waals surface area contributed by atoms with Crippen LogP contribution in [0.15, 0.2) is 59.0 Å². The number of aryl methyl sites for hydroxylation is 1. The largest absolute Gasteiger partial charge is 0.508 e. The van der Waals surface area contributed by atoms with E-state index in [0.29, 0.717) is 12.3 Å². The second-order valence-electron chi connectivity index (χ2n) is 4.73. The third-order valence-electron chi connectivity index (χ3n) is 3.16. The Bertz CT molecular complexity index is 717. The van der Waals surface area contributed by atoms with Crippen molar-refractivity contribution >= 4 is 0 Å². The highest BCUT2D eigenvalue weighted by atomic mass is 16.4. The van der Waals surface area contributed by atoms with Crippen LogP contribution in [0.3, 0.4) is 0 Å². The lowest BCUT2D eigenvalue weighted by Gasteiger charge is -1.97. The van der Waals surface area contributed by atoms with Gasteiger partial charge in [0.15, 0.2) is 5.89 Å². The highest BCUT2D eigenvalue weighted by molar-refractivity contribution is 5.62. The molecule has 100 valence electrons. The number of aromatic hydroxyl groups is 1. The van der Waals surface area contributed by atoms with Crippen LogP contribution in [0.1, 0.15) is 17.2 Å². The van der Waals surface area contributed by atoms with E-state index in [0.717, 1.165) is 22.6 Å². The molecule has 0 fully saturated rings. The van der Waals surface area contributed by atoms with Crippen LogP contribution >= 0.6 is 0 Å². The topological polar surface area (TPSA) is 46.3 Å². The van der Waals surface area contributed by atoms with Crippen molar-refractivity contribution in [3.05, 3.63) is 71.8 Å². The van der Waals surface area contributed by atoms with Gasteiger partial charge < -0.3 is 9.52 Å². The van der Waals surface area contributed by atoms with Crippen molar-refractivity contribution in [2.24, 2.45) is 0 Å². The Hall–Kier alpha value is -2.55. The number of hydrogen-bond donors (Lipinski definition) is 1. The van der Waals surface area contributed by atoms with Crippen LogP contribution in [0.5, 0.6) is 5.75 Å². The molecule has 0 aliphatic carbocycles. The number of hydrogen-bond acceptors (Lipinski definition) is 3. The second-order valence-corrected chi connectivity index (χ2v) is 4.73. The minimum atomic E-state index is 0.231. The van der Waals surface area contributed by atoms with Gasteiger partial charge in [0.2, 0.25) is 0 Å². The highest BCUT2D eigenvalue weighted by Gasteiger charge is 2.12. The average Bonchev–Trinajstić information content (AvgIpc) is 2.81. The van der Waals surface area contributed by atoms with E-state index in [2.05, 4.69) is 4.98 Å². The standard InChI is InChI=1S/C17H15NO2/c1-12-17(14-8-5-9-15(19)11-14)18-16(20-12)10-13-6-3-2-4-7-13/h2-9,11,19H,10H2,1H3. The quantitative estimate of drug-likeness (QED) is 0.780. The molecular weight excluding hydrogens is 250 g/mol. The Morgan fingerprint density at radius 1 is 1.05 bits per heavy atom. The molecule has 0 radical (unpaired) electrons. The average molecular weight is 265 g/mol. The van der Waals surface area contributed by atoms with Crippen molar-refractivity contribution in [3.8, 4) is 17.0 Å². The molecule has 3 nitrogen and oxygen atoms in total. The molecule has 0 aliphatic heterocycles. The Morgan fingerprint density at radius 3 is 2.60 bits per heavy atom. The van der Waals surface area contributed by atoms with Crippen LogP contribution in [0.4, 0.5) is 0 Å². The molecule has 0 unspecified atom stereocenters. The predicted molar refractivity (Wildman–Crippen MR) is 77.6 cm³/mol. The zero-order valence-corrected chi connectivity index (χ0v) is 11.2. The molecule has 20 heavy (non-hydrogen) atoms. The van der Waals surface area contributed by atoms with E-state index < -0.39 is 0 Å². The smallest absolute Gasteiger partial charge is 0.199 e. The van der Waals surface area contributed by atoms with Gasteiger partial charge in [-0.1, -0.05) is 42.5 Å². The van der Waals surface area contributed by atoms with Crippen molar-refractivity contribution in [3.63, 3.8) is 0 Å². The fourth-order valence-electron chi connectivity index (χ4n) is 2.22. The van der Waals surface area contributed by atoms with Crippen LogP contribution < -0.4 is 0 Å². The summed E-state index contributed by atoms with van der Waals surface area (Å²) >= 11 is 0. The van der Waals surface area contributed by atoms with E-state index in [1.807, 2.05) is 43.3 Å². The number of nitrogens with zero attached hydrogens (tertiary/aromatic N) is 1. The van der Waals surface area contributed by atoms with Gasteiger partial charge in [0.05, 0.1) is 0 Å². The van der Waals surface area contributed by atoms with Gasteiger partial charge in [0.25, 0.3) is 0 Å². The van der Waals surface area contributed by atoms with Crippen molar-refractivity contribution in [1.82, 2.24) is 4.98 Å². The first-order valence-corrected chi connectivity index (χ1v) is 6.52. The predicted octanol–water partition coefficient (Wildman–Crippen LogP) is 3.95. The fourth-order valence-corrected chi connectivity index (χ4v) is 2.22. The van der Waals surface area contributed by atoms with Crippen LogP contribution in [-0.2, 0) is 6.42 Å².